The van der Waals surface area contributed by atoms with Crippen LogP contribution in [-0.2, 0) is 6.42 Å². The van der Waals surface area contributed by atoms with Crippen LogP contribution in [0.5, 0.6) is 0 Å². The second kappa shape index (κ2) is 6.47. The van der Waals surface area contributed by atoms with E-state index >= 15 is 0 Å². The summed E-state index contributed by atoms with van der Waals surface area (Å²) in [6, 6.07) is 2.18. The molecule has 0 radical (unpaired) electrons. The van der Waals surface area contributed by atoms with E-state index in [1.54, 1.807) is 46.2 Å². The van der Waals surface area contributed by atoms with Gasteiger partial charge in [0.1, 0.15) is 9.86 Å². The van der Waals surface area contributed by atoms with Gasteiger partial charge in [0.15, 0.2) is 8.68 Å². The van der Waals surface area contributed by atoms with Crippen molar-refractivity contribution in [2.75, 3.05) is 18.6 Å². The molecular formula is C12H13N5S4. The second-order valence-corrected chi connectivity index (χ2v) is 8.41. The predicted octanol–water partition coefficient (Wildman–Crippen LogP) is 4.02. The molecule has 0 fully saturated rings. The van der Waals surface area contributed by atoms with Crippen LogP contribution in [0.3, 0.4) is 0 Å². The third-order valence-corrected chi connectivity index (χ3v) is 6.85. The number of nitrogens with one attached hydrogen (secondary N) is 1. The van der Waals surface area contributed by atoms with Crippen LogP contribution in [0.1, 0.15) is 11.8 Å². The van der Waals surface area contributed by atoms with Crippen LogP contribution in [0, 0.1) is 0 Å². The first-order valence-electron chi connectivity index (χ1n) is 6.27. The van der Waals surface area contributed by atoms with Gasteiger partial charge < -0.3 is 5.32 Å². The van der Waals surface area contributed by atoms with E-state index in [-0.39, 0.29) is 0 Å². The largest absolute Gasteiger partial charge is 0.357 e. The molecule has 0 atom stereocenters. The highest BCUT2D eigenvalue weighted by molar-refractivity contribution is 8.03. The molecule has 0 saturated heterocycles. The summed E-state index contributed by atoms with van der Waals surface area (Å²) < 4.78 is 1.88. The van der Waals surface area contributed by atoms with E-state index in [4.69, 9.17) is 0 Å². The van der Waals surface area contributed by atoms with Crippen LogP contribution >= 0.6 is 46.2 Å². The van der Waals surface area contributed by atoms with Crippen molar-refractivity contribution in [1.82, 2.24) is 20.2 Å². The van der Waals surface area contributed by atoms with Crippen LogP contribution in [0.15, 0.2) is 19.8 Å². The summed E-state index contributed by atoms with van der Waals surface area (Å²) in [5.41, 5.74) is 0. The molecule has 0 aliphatic carbocycles. The summed E-state index contributed by atoms with van der Waals surface area (Å²) in [7, 11) is 1.83. The Morgan fingerprint density at radius 2 is 2.00 bits per heavy atom. The molecule has 0 aromatic carbocycles. The Hall–Kier alpha value is -0.900. The lowest BCUT2D eigenvalue weighted by molar-refractivity contribution is 0.954. The van der Waals surface area contributed by atoms with Gasteiger partial charge in [0.05, 0.1) is 0 Å². The van der Waals surface area contributed by atoms with E-state index in [0.717, 1.165) is 30.3 Å². The van der Waals surface area contributed by atoms with Crippen molar-refractivity contribution in [3.8, 4) is 0 Å². The van der Waals surface area contributed by atoms with Crippen molar-refractivity contribution in [2.24, 2.45) is 0 Å². The molecule has 3 heterocycles. The zero-order valence-corrected chi connectivity index (χ0v) is 15.0. The zero-order chi connectivity index (χ0) is 14.8. The van der Waals surface area contributed by atoms with Crippen LogP contribution in [-0.4, -0.2) is 33.5 Å². The minimum Gasteiger partial charge on any atom is -0.357 e. The van der Waals surface area contributed by atoms with Gasteiger partial charge in [-0.1, -0.05) is 30.0 Å². The predicted molar refractivity (Wildman–Crippen MR) is 92.2 cm³/mol. The van der Waals surface area contributed by atoms with E-state index < -0.39 is 0 Å². The number of thioether (sulfide) groups is 1. The van der Waals surface area contributed by atoms with Crippen LogP contribution < -0.4 is 5.32 Å². The van der Waals surface area contributed by atoms with E-state index in [9.17, 15) is 0 Å². The van der Waals surface area contributed by atoms with Crippen molar-refractivity contribution in [3.05, 3.63) is 10.9 Å². The molecule has 5 nitrogen and oxygen atoms in total. The minimum absolute atomic E-state index is 0.643. The molecule has 3 aromatic heterocycles. The number of hydrogen-bond acceptors (Lipinski definition) is 9. The fraction of sp³-hybridized carbons (Fsp3) is 0.333. The van der Waals surface area contributed by atoms with Gasteiger partial charge in [-0.3, -0.25) is 0 Å². The average Bonchev–Trinajstić information content (AvgIpc) is 3.12. The van der Waals surface area contributed by atoms with Crippen molar-refractivity contribution >= 4 is 62.4 Å². The Kier molecular flexibility index (Phi) is 4.63. The Morgan fingerprint density at radius 1 is 1.19 bits per heavy atom. The Labute approximate surface area is 139 Å². The lowest BCUT2D eigenvalue weighted by Crippen LogP contribution is -1.96. The SMILES string of the molecule is CCc1cc2c(Sc3nnc(SC)s3)nc(NC)nc2s1. The summed E-state index contributed by atoms with van der Waals surface area (Å²) in [6.07, 6.45) is 3.01. The van der Waals surface area contributed by atoms with Crippen molar-refractivity contribution in [3.63, 3.8) is 0 Å². The van der Waals surface area contributed by atoms with Gasteiger partial charge in [-0.2, -0.15) is 0 Å². The first-order valence-corrected chi connectivity index (χ1v) is 9.94. The number of hydrogen-bond donors (Lipinski definition) is 1. The summed E-state index contributed by atoms with van der Waals surface area (Å²) in [5.74, 6) is 0.643. The van der Waals surface area contributed by atoms with Crippen molar-refractivity contribution in [2.45, 2.75) is 27.0 Å². The van der Waals surface area contributed by atoms with Crippen molar-refractivity contribution in [1.29, 1.82) is 0 Å². The van der Waals surface area contributed by atoms with Gasteiger partial charge in [-0.25, -0.2) is 9.97 Å². The van der Waals surface area contributed by atoms with Gasteiger partial charge in [0.25, 0.3) is 0 Å². The summed E-state index contributed by atoms with van der Waals surface area (Å²) >= 11 is 6.47. The van der Waals surface area contributed by atoms with Crippen LogP contribution in [0.2, 0.25) is 0 Å². The molecule has 0 unspecified atom stereocenters. The Morgan fingerprint density at radius 3 is 2.67 bits per heavy atom. The fourth-order valence-corrected chi connectivity index (χ4v) is 5.19. The van der Waals surface area contributed by atoms with E-state index in [2.05, 4.69) is 38.5 Å². The summed E-state index contributed by atoms with van der Waals surface area (Å²) in [5, 5.41) is 13.4. The molecule has 0 bridgehead atoms. The van der Waals surface area contributed by atoms with Crippen LogP contribution in [0.4, 0.5) is 5.95 Å². The lowest BCUT2D eigenvalue weighted by Gasteiger charge is -2.02. The molecule has 110 valence electrons. The molecule has 0 aliphatic rings. The van der Waals surface area contributed by atoms with E-state index in [1.807, 2.05) is 13.3 Å². The number of thiophene rings is 1. The lowest BCUT2D eigenvalue weighted by atomic mass is 10.3. The van der Waals surface area contributed by atoms with Crippen molar-refractivity contribution < 1.29 is 0 Å². The molecule has 0 saturated carbocycles. The minimum atomic E-state index is 0.643. The number of anilines is 1. The standard InChI is InChI=1S/C12H13N5S4/c1-4-6-5-7-8(19-6)14-10(13-2)15-9(7)20-12-17-16-11(18-3)21-12/h5H,4H2,1-3H3,(H,13,14,15). The first kappa shape index (κ1) is 15.0. The normalized spacial score (nSPS) is 11.2. The highest BCUT2D eigenvalue weighted by atomic mass is 32.2. The first-order chi connectivity index (χ1) is 10.2. The highest BCUT2D eigenvalue weighted by Crippen LogP contribution is 2.38. The maximum atomic E-state index is 4.58. The van der Waals surface area contributed by atoms with Gasteiger partial charge in [0, 0.05) is 17.3 Å². The van der Waals surface area contributed by atoms with Gasteiger partial charge in [0.2, 0.25) is 5.95 Å². The Balaban J connectivity index is 2.04. The molecule has 21 heavy (non-hydrogen) atoms. The topological polar surface area (TPSA) is 63.6 Å². The number of fused-ring (bicyclic) bond motifs is 1. The molecule has 1 N–H and O–H groups in total. The third-order valence-electron chi connectivity index (χ3n) is 2.73. The highest BCUT2D eigenvalue weighted by Gasteiger charge is 2.14. The van der Waals surface area contributed by atoms with E-state index in [1.165, 1.54) is 4.88 Å². The quantitative estimate of drug-likeness (QED) is 0.548. The molecule has 3 aromatic rings. The number of nitrogens with zero attached hydrogens (tertiary/aromatic N) is 4. The van der Waals surface area contributed by atoms with Crippen LogP contribution in [0.25, 0.3) is 10.2 Å². The Bertz CT molecular complexity index is 766. The maximum absolute atomic E-state index is 4.58. The fourth-order valence-electron chi connectivity index (χ4n) is 1.71. The van der Waals surface area contributed by atoms with Gasteiger partial charge in [-0.15, -0.1) is 21.5 Å². The van der Waals surface area contributed by atoms with E-state index in [0.29, 0.717) is 5.95 Å². The average molecular weight is 356 g/mol. The van der Waals surface area contributed by atoms with Gasteiger partial charge >= 0.3 is 0 Å². The zero-order valence-electron chi connectivity index (χ0n) is 11.7. The maximum Gasteiger partial charge on any atom is 0.224 e. The number of aryl methyl sites for hydroxylation is 1. The monoisotopic (exact) mass is 355 g/mol. The second-order valence-electron chi connectivity index (χ2n) is 4.03. The molecule has 0 amide bonds. The molecular weight excluding hydrogens is 342 g/mol. The third kappa shape index (κ3) is 3.15. The molecule has 0 aliphatic heterocycles. The van der Waals surface area contributed by atoms with Gasteiger partial charge in [-0.05, 0) is 30.5 Å². The number of aromatic nitrogens is 4. The molecule has 0 spiro atoms. The smallest absolute Gasteiger partial charge is 0.224 e. The number of rotatable bonds is 5. The molecule has 9 heteroatoms. The summed E-state index contributed by atoms with van der Waals surface area (Å²) in [6.45, 7) is 2.15. The summed E-state index contributed by atoms with van der Waals surface area (Å²) in [4.78, 5) is 11.4. The molecule has 3 rings (SSSR count).